The normalized spacial score (nSPS) is 10.0. The number of anilines is 2. The van der Waals surface area contributed by atoms with Crippen LogP contribution in [0.2, 0.25) is 0 Å². The molecule has 0 amide bonds. The monoisotopic (exact) mass is 241 g/mol. The van der Waals surface area contributed by atoms with E-state index >= 15 is 0 Å². The fraction of sp³-hybridized carbons (Fsp3) is 0.556. The van der Waals surface area contributed by atoms with Crippen molar-refractivity contribution in [1.82, 2.24) is 9.97 Å². The molecule has 0 bridgehead atoms. The Balaban J connectivity index is 2.75. The topological polar surface area (TPSA) is 102 Å². The lowest BCUT2D eigenvalue weighted by Gasteiger charge is -2.07. The molecule has 0 saturated heterocycles. The van der Waals surface area contributed by atoms with Gasteiger partial charge in [0.15, 0.2) is 0 Å². The van der Waals surface area contributed by atoms with Crippen molar-refractivity contribution in [2.45, 2.75) is 6.92 Å². The minimum Gasteiger partial charge on any atom is -0.380 e. The summed E-state index contributed by atoms with van der Waals surface area (Å²) in [6.07, 6.45) is 1.17. The largest absolute Gasteiger partial charge is 0.380 e. The molecule has 0 fully saturated rings. The zero-order chi connectivity index (χ0) is 12.7. The second-order valence-electron chi connectivity index (χ2n) is 3.06. The summed E-state index contributed by atoms with van der Waals surface area (Å²) in [5, 5.41) is 16.3. The van der Waals surface area contributed by atoms with E-state index in [2.05, 4.69) is 20.6 Å². The molecule has 0 atom stereocenters. The highest BCUT2D eigenvalue weighted by molar-refractivity contribution is 5.56. The van der Waals surface area contributed by atoms with Crippen LogP contribution in [0.4, 0.5) is 17.5 Å². The maximum atomic E-state index is 10.7. The third-order valence-electron chi connectivity index (χ3n) is 1.93. The fourth-order valence-corrected chi connectivity index (χ4v) is 1.15. The minimum absolute atomic E-state index is 0.152. The van der Waals surface area contributed by atoms with Gasteiger partial charge in [0.1, 0.15) is 6.20 Å². The molecular formula is C9H15N5O3. The Morgan fingerprint density at radius 1 is 1.59 bits per heavy atom. The van der Waals surface area contributed by atoms with Crippen LogP contribution in [0.3, 0.4) is 0 Å². The number of nitrogens with one attached hydrogen (secondary N) is 2. The lowest BCUT2D eigenvalue weighted by Crippen LogP contribution is -2.12. The highest BCUT2D eigenvalue weighted by Crippen LogP contribution is 2.21. The summed E-state index contributed by atoms with van der Waals surface area (Å²) in [5.41, 5.74) is -0.152. The van der Waals surface area contributed by atoms with Crippen molar-refractivity contribution < 1.29 is 9.66 Å². The second kappa shape index (κ2) is 6.59. The van der Waals surface area contributed by atoms with Crippen LogP contribution >= 0.6 is 0 Å². The highest BCUT2D eigenvalue weighted by atomic mass is 16.6. The number of aromatic nitrogens is 2. The van der Waals surface area contributed by atoms with Gasteiger partial charge in [-0.25, -0.2) is 4.98 Å². The van der Waals surface area contributed by atoms with E-state index in [1.807, 2.05) is 6.92 Å². The number of nitro groups is 1. The predicted molar refractivity (Wildman–Crippen MR) is 63.2 cm³/mol. The summed E-state index contributed by atoms with van der Waals surface area (Å²) in [6, 6.07) is 0. The zero-order valence-electron chi connectivity index (χ0n) is 9.77. The lowest BCUT2D eigenvalue weighted by atomic mass is 10.4. The van der Waals surface area contributed by atoms with Gasteiger partial charge >= 0.3 is 5.69 Å². The van der Waals surface area contributed by atoms with Gasteiger partial charge in [-0.1, -0.05) is 0 Å². The van der Waals surface area contributed by atoms with E-state index in [9.17, 15) is 10.1 Å². The van der Waals surface area contributed by atoms with Crippen molar-refractivity contribution in [3.63, 3.8) is 0 Å². The van der Waals surface area contributed by atoms with Crippen LogP contribution < -0.4 is 10.6 Å². The van der Waals surface area contributed by atoms with E-state index < -0.39 is 4.92 Å². The van der Waals surface area contributed by atoms with E-state index in [0.29, 0.717) is 25.7 Å². The summed E-state index contributed by atoms with van der Waals surface area (Å²) in [7, 11) is 1.64. The molecule has 8 nitrogen and oxygen atoms in total. The molecule has 0 aliphatic heterocycles. The number of rotatable bonds is 7. The zero-order valence-corrected chi connectivity index (χ0v) is 9.77. The molecule has 17 heavy (non-hydrogen) atoms. The van der Waals surface area contributed by atoms with E-state index in [0.717, 1.165) is 0 Å². The first kappa shape index (κ1) is 13.1. The Morgan fingerprint density at radius 3 is 2.94 bits per heavy atom. The smallest absolute Gasteiger partial charge is 0.329 e. The third kappa shape index (κ3) is 3.83. The first-order valence-electron chi connectivity index (χ1n) is 5.19. The molecule has 2 N–H and O–H groups in total. The first-order valence-corrected chi connectivity index (χ1v) is 5.19. The highest BCUT2D eigenvalue weighted by Gasteiger charge is 2.16. The van der Waals surface area contributed by atoms with Gasteiger partial charge in [0, 0.05) is 20.2 Å². The van der Waals surface area contributed by atoms with Crippen molar-refractivity contribution in [1.29, 1.82) is 0 Å². The van der Waals surface area contributed by atoms with Gasteiger partial charge in [-0.05, 0) is 6.92 Å². The van der Waals surface area contributed by atoms with Crippen molar-refractivity contribution in [3.05, 3.63) is 16.3 Å². The second-order valence-corrected chi connectivity index (χ2v) is 3.06. The quantitative estimate of drug-likeness (QED) is 0.415. The van der Waals surface area contributed by atoms with Crippen LogP contribution in [0.5, 0.6) is 0 Å². The molecule has 0 aliphatic rings. The van der Waals surface area contributed by atoms with Gasteiger partial charge in [0.05, 0.1) is 11.5 Å². The molecule has 1 rings (SSSR count). The molecule has 0 saturated carbocycles. The van der Waals surface area contributed by atoms with Crippen LogP contribution in [0.15, 0.2) is 6.20 Å². The van der Waals surface area contributed by atoms with E-state index in [1.165, 1.54) is 6.20 Å². The number of nitrogens with zero attached hydrogens (tertiary/aromatic N) is 3. The molecule has 0 aromatic carbocycles. The molecule has 1 heterocycles. The van der Waals surface area contributed by atoms with Gasteiger partial charge in [-0.3, -0.25) is 10.1 Å². The van der Waals surface area contributed by atoms with Crippen LogP contribution in [-0.4, -0.2) is 41.7 Å². The first-order chi connectivity index (χ1) is 8.19. The van der Waals surface area contributed by atoms with Gasteiger partial charge in [-0.2, -0.15) is 4.98 Å². The molecule has 0 unspecified atom stereocenters. The van der Waals surface area contributed by atoms with E-state index in [-0.39, 0.29) is 11.5 Å². The van der Waals surface area contributed by atoms with Gasteiger partial charge in [0.2, 0.25) is 11.8 Å². The van der Waals surface area contributed by atoms with Gasteiger partial charge in [0.25, 0.3) is 0 Å². The SMILES string of the molecule is CCOCCNc1nc(NC)ncc1[N+](=O)[O-]. The Bertz CT molecular complexity index is 385. The molecular weight excluding hydrogens is 226 g/mol. The van der Waals surface area contributed by atoms with Crippen LogP contribution in [0.1, 0.15) is 6.92 Å². The maximum absolute atomic E-state index is 10.7. The molecule has 1 aromatic heterocycles. The molecule has 94 valence electrons. The Hall–Kier alpha value is -1.96. The van der Waals surface area contributed by atoms with Crippen LogP contribution in [0.25, 0.3) is 0 Å². The van der Waals surface area contributed by atoms with Crippen molar-refractivity contribution in [2.75, 3.05) is 37.4 Å². The Morgan fingerprint density at radius 2 is 2.35 bits per heavy atom. The molecule has 0 spiro atoms. The summed E-state index contributed by atoms with van der Waals surface area (Å²) >= 11 is 0. The predicted octanol–water partition coefficient (Wildman–Crippen LogP) is 0.875. The average molecular weight is 241 g/mol. The number of hydrogen-bond donors (Lipinski definition) is 2. The Kier molecular flexibility index (Phi) is 5.08. The maximum Gasteiger partial charge on any atom is 0.329 e. The molecule has 0 radical (unpaired) electrons. The molecule has 0 aliphatic carbocycles. The summed E-state index contributed by atoms with van der Waals surface area (Å²) in [5.74, 6) is 0.517. The van der Waals surface area contributed by atoms with Crippen molar-refractivity contribution in [2.24, 2.45) is 0 Å². The average Bonchev–Trinajstić information content (AvgIpc) is 2.34. The molecule has 1 aromatic rings. The van der Waals surface area contributed by atoms with Crippen molar-refractivity contribution in [3.8, 4) is 0 Å². The number of ether oxygens (including phenoxy) is 1. The standard InChI is InChI=1S/C9H15N5O3/c1-3-17-5-4-11-8-7(14(15)16)6-12-9(10-2)13-8/h6H,3-5H2,1-2H3,(H2,10,11,12,13). The van der Waals surface area contributed by atoms with Crippen LogP contribution in [0, 0.1) is 10.1 Å². The lowest BCUT2D eigenvalue weighted by molar-refractivity contribution is -0.384. The summed E-state index contributed by atoms with van der Waals surface area (Å²) in [4.78, 5) is 18.0. The molecule has 8 heteroatoms. The van der Waals surface area contributed by atoms with E-state index in [1.54, 1.807) is 7.05 Å². The number of hydrogen-bond acceptors (Lipinski definition) is 7. The third-order valence-corrected chi connectivity index (χ3v) is 1.93. The minimum atomic E-state index is -0.525. The Labute approximate surface area is 98.6 Å². The van der Waals surface area contributed by atoms with Crippen molar-refractivity contribution >= 4 is 17.5 Å². The fourth-order valence-electron chi connectivity index (χ4n) is 1.15. The van der Waals surface area contributed by atoms with E-state index in [4.69, 9.17) is 4.74 Å². The van der Waals surface area contributed by atoms with Crippen LogP contribution in [-0.2, 0) is 4.74 Å². The van der Waals surface area contributed by atoms with Gasteiger partial charge < -0.3 is 15.4 Å². The summed E-state index contributed by atoms with van der Waals surface area (Å²) in [6.45, 7) is 3.41. The van der Waals surface area contributed by atoms with Gasteiger partial charge in [-0.15, -0.1) is 0 Å². The summed E-state index contributed by atoms with van der Waals surface area (Å²) < 4.78 is 5.12.